The summed E-state index contributed by atoms with van der Waals surface area (Å²) in [6, 6.07) is 10.0. The van der Waals surface area contributed by atoms with Gasteiger partial charge in [-0.3, -0.25) is 9.36 Å². The highest BCUT2D eigenvalue weighted by molar-refractivity contribution is 7.80. The molecule has 1 aromatic carbocycles. The summed E-state index contributed by atoms with van der Waals surface area (Å²) in [6.45, 7) is -0.710. The molecule has 3 rings (SSSR count). The van der Waals surface area contributed by atoms with Crippen LogP contribution >= 0.6 is 12.6 Å². The number of pyridine rings is 1. The Morgan fingerprint density at radius 3 is 2.23 bits per heavy atom. The Morgan fingerprint density at radius 1 is 1.10 bits per heavy atom. The van der Waals surface area contributed by atoms with Crippen molar-refractivity contribution in [3.63, 3.8) is 0 Å². The standard InChI is InChI=1S/C20H19N3O7S/c1-29-10-4-2-9(3-5-10)14-11(6-21)18(28)23(20(31)12(14)7-22)19-17(27)16(26)15(25)13(8-24)30-19/h2-5,13,15-17,19,24-27,31H,8H2,1H3. The van der Waals surface area contributed by atoms with Gasteiger partial charge in [-0.05, 0) is 17.7 Å². The molecule has 11 heteroatoms. The Labute approximate surface area is 182 Å². The number of benzene rings is 1. The van der Waals surface area contributed by atoms with Crippen LogP contribution in [0.5, 0.6) is 5.75 Å². The lowest BCUT2D eigenvalue weighted by Crippen LogP contribution is -2.57. The van der Waals surface area contributed by atoms with Gasteiger partial charge in [0.2, 0.25) is 0 Å². The number of aliphatic hydroxyl groups excluding tert-OH is 4. The molecule has 31 heavy (non-hydrogen) atoms. The first-order valence-electron chi connectivity index (χ1n) is 9.07. The predicted molar refractivity (Wildman–Crippen MR) is 108 cm³/mol. The third-order valence-electron chi connectivity index (χ3n) is 5.11. The molecule has 2 heterocycles. The summed E-state index contributed by atoms with van der Waals surface area (Å²) in [5.41, 5.74) is -1.04. The van der Waals surface area contributed by atoms with Crippen LogP contribution in [0.3, 0.4) is 0 Å². The summed E-state index contributed by atoms with van der Waals surface area (Å²) in [5, 5.41) is 59.1. The minimum atomic E-state index is -1.80. The minimum Gasteiger partial charge on any atom is -0.497 e. The van der Waals surface area contributed by atoms with Gasteiger partial charge in [-0.15, -0.1) is 12.6 Å². The van der Waals surface area contributed by atoms with E-state index in [0.29, 0.717) is 11.3 Å². The summed E-state index contributed by atoms with van der Waals surface area (Å²) in [7, 11) is 1.48. The molecule has 1 fully saturated rings. The van der Waals surface area contributed by atoms with Crippen LogP contribution in [0.15, 0.2) is 34.1 Å². The SMILES string of the molecule is COc1ccc(-c2c(C#N)c(S)n(C3OC(CO)C(O)C(O)C3O)c(=O)c2C#N)cc1. The molecule has 0 amide bonds. The molecular weight excluding hydrogens is 426 g/mol. The van der Waals surface area contributed by atoms with Crippen molar-refractivity contribution < 1.29 is 29.9 Å². The lowest BCUT2D eigenvalue weighted by Gasteiger charge is -2.41. The van der Waals surface area contributed by atoms with Gasteiger partial charge in [0.05, 0.1) is 24.3 Å². The smallest absolute Gasteiger partial charge is 0.272 e. The summed E-state index contributed by atoms with van der Waals surface area (Å²) in [5.74, 6) is 0.529. The van der Waals surface area contributed by atoms with E-state index in [1.807, 2.05) is 6.07 Å². The maximum atomic E-state index is 13.2. The van der Waals surface area contributed by atoms with Crippen molar-refractivity contribution >= 4 is 12.6 Å². The number of thiol groups is 1. The number of aromatic nitrogens is 1. The second-order valence-corrected chi connectivity index (χ2v) is 7.22. The Kier molecular flexibility index (Phi) is 6.67. The third kappa shape index (κ3) is 3.79. The molecular formula is C20H19N3O7S. The van der Waals surface area contributed by atoms with Gasteiger partial charge in [-0.2, -0.15) is 10.5 Å². The number of nitriles is 2. The van der Waals surface area contributed by atoms with E-state index in [-0.39, 0.29) is 16.2 Å². The van der Waals surface area contributed by atoms with Crippen molar-refractivity contribution in [2.24, 2.45) is 0 Å². The number of hydrogen-bond donors (Lipinski definition) is 5. The van der Waals surface area contributed by atoms with Crippen LogP contribution in [0, 0.1) is 22.7 Å². The van der Waals surface area contributed by atoms with E-state index < -0.39 is 48.4 Å². The van der Waals surface area contributed by atoms with Gasteiger partial charge in [0.15, 0.2) is 6.23 Å². The van der Waals surface area contributed by atoms with Crippen LogP contribution in [0.2, 0.25) is 0 Å². The summed E-state index contributed by atoms with van der Waals surface area (Å²) in [6.07, 6.45) is -8.10. The first-order chi connectivity index (χ1) is 14.8. The number of nitrogens with zero attached hydrogens (tertiary/aromatic N) is 3. The maximum Gasteiger partial charge on any atom is 0.272 e. The number of aliphatic hydroxyl groups is 4. The molecule has 4 N–H and O–H groups in total. The monoisotopic (exact) mass is 445 g/mol. The van der Waals surface area contributed by atoms with Gasteiger partial charge in [-0.1, -0.05) is 12.1 Å². The summed E-state index contributed by atoms with van der Waals surface area (Å²) >= 11 is 4.28. The lowest BCUT2D eigenvalue weighted by molar-refractivity contribution is -0.253. The average Bonchev–Trinajstić information content (AvgIpc) is 2.78. The van der Waals surface area contributed by atoms with Crippen LogP contribution < -0.4 is 10.3 Å². The maximum absolute atomic E-state index is 13.2. The van der Waals surface area contributed by atoms with E-state index in [2.05, 4.69) is 12.6 Å². The molecule has 0 spiro atoms. The third-order valence-corrected chi connectivity index (χ3v) is 5.55. The zero-order valence-corrected chi connectivity index (χ0v) is 17.1. The highest BCUT2D eigenvalue weighted by Gasteiger charge is 2.45. The quantitative estimate of drug-likeness (QED) is 0.391. The van der Waals surface area contributed by atoms with Gasteiger partial charge in [-0.25, -0.2) is 0 Å². The largest absolute Gasteiger partial charge is 0.497 e. The fourth-order valence-corrected chi connectivity index (χ4v) is 3.83. The highest BCUT2D eigenvalue weighted by atomic mass is 32.1. The second-order valence-electron chi connectivity index (χ2n) is 6.80. The van der Waals surface area contributed by atoms with E-state index in [1.54, 1.807) is 30.3 Å². The van der Waals surface area contributed by atoms with Crippen molar-refractivity contribution in [1.82, 2.24) is 4.57 Å². The van der Waals surface area contributed by atoms with Gasteiger partial charge in [0, 0.05) is 5.56 Å². The molecule has 1 saturated heterocycles. The molecule has 1 aliphatic heterocycles. The molecule has 5 unspecified atom stereocenters. The van der Waals surface area contributed by atoms with Crippen LogP contribution in [-0.2, 0) is 4.74 Å². The summed E-state index contributed by atoms with van der Waals surface area (Å²) in [4.78, 5) is 13.2. The number of methoxy groups -OCH3 is 1. The molecule has 162 valence electrons. The van der Waals surface area contributed by atoms with E-state index >= 15 is 0 Å². The van der Waals surface area contributed by atoms with Crippen molar-refractivity contribution in [2.45, 2.75) is 35.7 Å². The zero-order chi connectivity index (χ0) is 22.9. The normalized spacial score (nSPS) is 25.5. The molecule has 1 aromatic heterocycles. The Morgan fingerprint density at radius 2 is 1.71 bits per heavy atom. The predicted octanol–water partition coefficient (Wildman–Crippen LogP) is -0.472. The van der Waals surface area contributed by atoms with E-state index in [1.165, 1.54) is 7.11 Å². The second kappa shape index (κ2) is 9.08. The number of rotatable bonds is 4. The highest BCUT2D eigenvalue weighted by Crippen LogP contribution is 2.35. The number of hydrogen-bond acceptors (Lipinski definition) is 10. The summed E-state index contributed by atoms with van der Waals surface area (Å²) < 4.78 is 11.3. The molecule has 10 nitrogen and oxygen atoms in total. The molecule has 5 atom stereocenters. The molecule has 1 aliphatic rings. The van der Waals surface area contributed by atoms with E-state index in [0.717, 1.165) is 4.57 Å². The molecule has 0 saturated carbocycles. The van der Waals surface area contributed by atoms with Crippen LogP contribution in [0.1, 0.15) is 17.4 Å². The van der Waals surface area contributed by atoms with Gasteiger partial charge in [0.1, 0.15) is 47.9 Å². The topological polar surface area (TPSA) is 169 Å². The Bertz CT molecular complexity index is 1120. The van der Waals surface area contributed by atoms with Crippen LogP contribution in [-0.4, -0.2) is 63.1 Å². The fourth-order valence-electron chi connectivity index (χ4n) is 3.47. The average molecular weight is 445 g/mol. The first kappa shape index (κ1) is 22.8. The fraction of sp³-hybridized carbons (Fsp3) is 0.350. The van der Waals surface area contributed by atoms with Crippen molar-refractivity contribution in [3.8, 4) is 29.0 Å². The van der Waals surface area contributed by atoms with E-state index in [4.69, 9.17) is 9.47 Å². The zero-order valence-electron chi connectivity index (χ0n) is 16.2. The van der Waals surface area contributed by atoms with Crippen LogP contribution in [0.4, 0.5) is 0 Å². The minimum absolute atomic E-state index is 0.0449. The molecule has 0 bridgehead atoms. The first-order valence-corrected chi connectivity index (χ1v) is 9.52. The molecule has 0 radical (unpaired) electrons. The number of ether oxygens (including phenoxy) is 2. The van der Waals surface area contributed by atoms with Crippen LogP contribution in [0.25, 0.3) is 11.1 Å². The Hall–Kier alpha value is -2.90. The van der Waals surface area contributed by atoms with Crippen molar-refractivity contribution in [1.29, 1.82) is 10.5 Å². The van der Waals surface area contributed by atoms with Gasteiger partial charge < -0.3 is 29.9 Å². The van der Waals surface area contributed by atoms with Gasteiger partial charge in [0.25, 0.3) is 5.56 Å². The lowest BCUT2D eigenvalue weighted by atomic mass is 9.95. The van der Waals surface area contributed by atoms with Crippen molar-refractivity contribution in [3.05, 3.63) is 45.7 Å². The Balaban J connectivity index is 2.26. The molecule has 2 aromatic rings. The van der Waals surface area contributed by atoms with Crippen molar-refractivity contribution in [2.75, 3.05) is 13.7 Å². The molecule has 0 aliphatic carbocycles. The van der Waals surface area contributed by atoms with E-state index in [9.17, 15) is 35.7 Å². The van der Waals surface area contributed by atoms with Gasteiger partial charge >= 0.3 is 0 Å².